The van der Waals surface area contributed by atoms with Gasteiger partial charge in [-0.05, 0) is 46.4 Å². The summed E-state index contributed by atoms with van der Waals surface area (Å²) in [7, 11) is 0. The Morgan fingerprint density at radius 1 is 0.968 bits per heavy atom. The number of benzene rings is 3. The number of amides is 1. The van der Waals surface area contributed by atoms with E-state index in [2.05, 4.69) is 12.1 Å². The topological polar surface area (TPSA) is 66.8 Å². The fourth-order valence-electron chi connectivity index (χ4n) is 4.68. The first-order valence-corrected chi connectivity index (χ1v) is 10.2. The summed E-state index contributed by atoms with van der Waals surface area (Å²) in [5, 5.41) is 9.34. The van der Waals surface area contributed by atoms with Crippen LogP contribution in [0.4, 0.5) is 9.18 Å². The molecule has 1 aliphatic carbocycles. The summed E-state index contributed by atoms with van der Waals surface area (Å²) >= 11 is 0. The molecule has 5 rings (SSSR count). The van der Waals surface area contributed by atoms with Crippen molar-refractivity contribution >= 4 is 12.1 Å². The maximum atomic E-state index is 14.3. The number of ether oxygens (including phenoxy) is 1. The third-order valence-corrected chi connectivity index (χ3v) is 6.18. The molecule has 0 unspecified atom stereocenters. The zero-order valence-corrected chi connectivity index (χ0v) is 16.7. The van der Waals surface area contributed by atoms with Gasteiger partial charge < -0.3 is 14.7 Å². The van der Waals surface area contributed by atoms with Crippen LogP contribution in [-0.4, -0.2) is 35.2 Å². The summed E-state index contributed by atoms with van der Waals surface area (Å²) in [6, 6.07) is 18.6. The highest BCUT2D eigenvalue weighted by Crippen LogP contribution is 2.44. The minimum atomic E-state index is -1.09. The first kappa shape index (κ1) is 19.3. The minimum Gasteiger partial charge on any atom is -0.478 e. The van der Waals surface area contributed by atoms with Gasteiger partial charge in [-0.2, -0.15) is 0 Å². The van der Waals surface area contributed by atoms with Crippen molar-refractivity contribution in [1.82, 2.24) is 4.90 Å². The van der Waals surface area contributed by atoms with E-state index in [1.165, 1.54) is 11.0 Å². The quantitative estimate of drug-likeness (QED) is 0.663. The van der Waals surface area contributed by atoms with E-state index >= 15 is 0 Å². The summed E-state index contributed by atoms with van der Waals surface area (Å²) in [5.41, 5.74) is 5.33. The SMILES string of the molecule is O=C(O)c1ccc(F)c2c1CCN(C(=O)OCC1c3ccccc3-c3ccccc31)C2. The van der Waals surface area contributed by atoms with Crippen LogP contribution >= 0.6 is 0 Å². The van der Waals surface area contributed by atoms with Gasteiger partial charge in [-0.15, -0.1) is 0 Å². The highest BCUT2D eigenvalue weighted by molar-refractivity contribution is 5.90. The van der Waals surface area contributed by atoms with E-state index in [1.807, 2.05) is 36.4 Å². The van der Waals surface area contributed by atoms with Crippen LogP contribution in [0.5, 0.6) is 0 Å². The van der Waals surface area contributed by atoms with Gasteiger partial charge in [-0.25, -0.2) is 14.0 Å². The number of carbonyl (C=O) groups excluding carboxylic acids is 1. The van der Waals surface area contributed by atoms with Gasteiger partial charge in [0.25, 0.3) is 0 Å². The van der Waals surface area contributed by atoms with Crippen LogP contribution in [0.3, 0.4) is 0 Å². The molecule has 1 heterocycles. The van der Waals surface area contributed by atoms with Crippen LogP contribution in [0.2, 0.25) is 0 Å². The number of fused-ring (bicyclic) bond motifs is 4. The molecule has 31 heavy (non-hydrogen) atoms. The van der Waals surface area contributed by atoms with Crippen LogP contribution in [-0.2, 0) is 17.7 Å². The fourth-order valence-corrected chi connectivity index (χ4v) is 4.68. The molecule has 6 heteroatoms. The van der Waals surface area contributed by atoms with Crippen molar-refractivity contribution in [3.63, 3.8) is 0 Å². The van der Waals surface area contributed by atoms with E-state index in [-0.39, 0.29) is 43.2 Å². The molecule has 0 saturated heterocycles. The normalized spacial score (nSPS) is 14.5. The number of carboxylic acids is 1. The predicted octanol–water partition coefficient (Wildman–Crippen LogP) is 4.83. The molecule has 0 spiro atoms. The van der Waals surface area contributed by atoms with Crippen molar-refractivity contribution < 1.29 is 23.8 Å². The fraction of sp³-hybridized carbons (Fsp3) is 0.200. The number of carboxylic acid groups (broad SMARTS) is 1. The van der Waals surface area contributed by atoms with E-state index in [0.717, 1.165) is 28.3 Å². The Hall–Kier alpha value is -3.67. The van der Waals surface area contributed by atoms with Crippen molar-refractivity contribution in [2.75, 3.05) is 13.2 Å². The molecule has 2 aliphatic rings. The zero-order valence-electron chi connectivity index (χ0n) is 16.7. The molecule has 0 saturated carbocycles. The van der Waals surface area contributed by atoms with Crippen molar-refractivity contribution in [3.05, 3.63) is 94.3 Å². The lowest BCUT2D eigenvalue weighted by Gasteiger charge is -2.29. The lowest BCUT2D eigenvalue weighted by Crippen LogP contribution is -2.38. The van der Waals surface area contributed by atoms with E-state index < -0.39 is 17.9 Å². The van der Waals surface area contributed by atoms with Gasteiger partial charge in [-0.1, -0.05) is 48.5 Å². The van der Waals surface area contributed by atoms with Crippen LogP contribution in [0.15, 0.2) is 60.7 Å². The monoisotopic (exact) mass is 417 g/mol. The lowest BCUT2D eigenvalue weighted by atomic mass is 9.94. The Bertz CT molecular complexity index is 1160. The van der Waals surface area contributed by atoms with Gasteiger partial charge in [0.05, 0.1) is 12.1 Å². The van der Waals surface area contributed by atoms with Crippen LogP contribution in [0, 0.1) is 5.82 Å². The number of nitrogens with zero attached hydrogens (tertiary/aromatic N) is 1. The number of hydrogen-bond donors (Lipinski definition) is 1. The summed E-state index contributed by atoms with van der Waals surface area (Å²) < 4.78 is 20.0. The smallest absolute Gasteiger partial charge is 0.410 e. The Balaban J connectivity index is 1.34. The maximum absolute atomic E-state index is 14.3. The van der Waals surface area contributed by atoms with Gasteiger partial charge in [0, 0.05) is 18.0 Å². The van der Waals surface area contributed by atoms with E-state index in [4.69, 9.17) is 4.74 Å². The summed E-state index contributed by atoms with van der Waals surface area (Å²) in [4.78, 5) is 25.6. The Morgan fingerprint density at radius 3 is 2.26 bits per heavy atom. The van der Waals surface area contributed by atoms with Gasteiger partial charge in [0.15, 0.2) is 0 Å². The number of aromatic carboxylic acids is 1. The largest absolute Gasteiger partial charge is 0.478 e. The minimum absolute atomic E-state index is 0.00103. The Labute approximate surface area is 178 Å². The summed E-state index contributed by atoms with van der Waals surface area (Å²) in [6.45, 7) is 0.472. The third kappa shape index (κ3) is 3.24. The van der Waals surface area contributed by atoms with Crippen LogP contribution < -0.4 is 0 Å². The van der Waals surface area contributed by atoms with Crippen molar-refractivity contribution in [2.24, 2.45) is 0 Å². The molecule has 3 aromatic carbocycles. The molecule has 1 amide bonds. The van der Waals surface area contributed by atoms with Gasteiger partial charge in [-0.3, -0.25) is 0 Å². The average Bonchev–Trinajstić information content (AvgIpc) is 3.11. The van der Waals surface area contributed by atoms with Crippen molar-refractivity contribution in [2.45, 2.75) is 18.9 Å². The number of hydrogen-bond acceptors (Lipinski definition) is 3. The lowest BCUT2D eigenvalue weighted by molar-refractivity contribution is 0.0694. The van der Waals surface area contributed by atoms with Gasteiger partial charge in [0.1, 0.15) is 12.4 Å². The highest BCUT2D eigenvalue weighted by atomic mass is 19.1. The summed E-state index contributed by atoms with van der Waals surface area (Å²) in [5.74, 6) is -1.65. The molecule has 3 aromatic rings. The van der Waals surface area contributed by atoms with Crippen LogP contribution in [0.25, 0.3) is 11.1 Å². The summed E-state index contributed by atoms with van der Waals surface area (Å²) in [6.07, 6.45) is -0.244. The molecular formula is C25H20FNO4. The Morgan fingerprint density at radius 2 is 1.61 bits per heavy atom. The molecule has 156 valence electrons. The molecule has 5 nitrogen and oxygen atoms in total. The predicted molar refractivity (Wildman–Crippen MR) is 113 cm³/mol. The van der Waals surface area contributed by atoms with Gasteiger partial charge >= 0.3 is 12.1 Å². The van der Waals surface area contributed by atoms with Gasteiger partial charge in [0.2, 0.25) is 0 Å². The molecular weight excluding hydrogens is 397 g/mol. The van der Waals surface area contributed by atoms with Crippen LogP contribution in [0.1, 0.15) is 38.5 Å². The van der Waals surface area contributed by atoms with Crippen molar-refractivity contribution in [1.29, 1.82) is 0 Å². The second-order valence-corrected chi connectivity index (χ2v) is 7.83. The average molecular weight is 417 g/mol. The number of halogens is 1. The first-order chi connectivity index (χ1) is 15.0. The molecule has 0 fully saturated rings. The molecule has 0 bridgehead atoms. The zero-order chi connectivity index (χ0) is 21.5. The maximum Gasteiger partial charge on any atom is 0.410 e. The first-order valence-electron chi connectivity index (χ1n) is 10.2. The number of carbonyl (C=O) groups is 2. The third-order valence-electron chi connectivity index (χ3n) is 6.18. The molecule has 0 aromatic heterocycles. The molecule has 0 atom stereocenters. The second-order valence-electron chi connectivity index (χ2n) is 7.83. The standard InChI is InChI=1S/C25H20FNO4/c26-23-10-9-20(24(28)29)19-11-12-27(13-21(19)23)25(30)31-14-22-17-7-3-1-5-15(17)16-6-2-4-8-18(16)22/h1-10,22H,11-14H2,(H,28,29). The van der Waals surface area contributed by atoms with E-state index in [0.29, 0.717) is 5.56 Å². The van der Waals surface area contributed by atoms with E-state index in [9.17, 15) is 19.1 Å². The molecule has 0 radical (unpaired) electrons. The van der Waals surface area contributed by atoms with E-state index in [1.54, 1.807) is 0 Å². The highest BCUT2D eigenvalue weighted by Gasteiger charge is 2.31. The number of rotatable bonds is 3. The Kier molecular flexibility index (Phi) is 4.70. The van der Waals surface area contributed by atoms with Crippen molar-refractivity contribution in [3.8, 4) is 11.1 Å². The molecule has 1 N–H and O–H groups in total. The second kappa shape index (κ2) is 7.54. The molecule has 1 aliphatic heterocycles.